The van der Waals surface area contributed by atoms with Crippen molar-refractivity contribution in [1.82, 2.24) is 0 Å². The normalized spacial score (nSPS) is 10.2. The maximum Gasteiger partial charge on any atom is 0.255 e. The van der Waals surface area contributed by atoms with Gasteiger partial charge in [0.2, 0.25) is 5.91 Å². The van der Waals surface area contributed by atoms with Crippen LogP contribution in [0.2, 0.25) is 5.02 Å². The van der Waals surface area contributed by atoms with Gasteiger partial charge in [0, 0.05) is 17.1 Å². The van der Waals surface area contributed by atoms with Gasteiger partial charge >= 0.3 is 0 Å². The first kappa shape index (κ1) is 19.6. The van der Waals surface area contributed by atoms with Crippen molar-refractivity contribution in [2.45, 2.75) is 19.8 Å². The molecule has 0 unspecified atom stereocenters. The third-order valence-electron chi connectivity index (χ3n) is 3.47. The Balaban J connectivity index is 1.69. The number of nitrogens with two attached hydrogens (primary N) is 1. The molecule has 2 aromatic rings. The molecule has 0 bridgehead atoms. The van der Waals surface area contributed by atoms with Crippen LogP contribution in [0, 0.1) is 6.92 Å². The van der Waals surface area contributed by atoms with E-state index >= 15 is 0 Å². The molecule has 0 aliphatic rings. The monoisotopic (exact) mass is 376 g/mol. The number of rotatable bonds is 9. The summed E-state index contributed by atoms with van der Waals surface area (Å²) in [6.07, 6.45) is 0.930. The number of aryl methyl sites for hydroxylation is 1. The Labute approximate surface area is 157 Å². The van der Waals surface area contributed by atoms with Gasteiger partial charge in [-0.3, -0.25) is 9.59 Å². The van der Waals surface area contributed by atoms with E-state index in [1.165, 1.54) is 0 Å². The zero-order valence-corrected chi connectivity index (χ0v) is 15.2. The zero-order chi connectivity index (χ0) is 18.9. The molecular formula is C19H21ClN2O4. The highest BCUT2D eigenvalue weighted by Crippen LogP contribution is 2.21. The topological polar surface area (TPSA) is 90.7 Å². The molecular weight excluding hydrogens is 356 g/mol. The van der Waals surface area contributed by atoms with E-state index in [0.717, 1.165) is 11.3 Å². The van der Waals surface area contributed by atoms with Crippen LogP contribution in [-0.2, 0) is 9.59 Å². The largest absolute Gasteiger partial charge is 0.494 e. The fourth-order valence-electron chi connectivity index (χ4n) is 2.14. The van der Waals surface area contributed by atoms with E-state index in [1.807, 2.05) is 13.0 Å². The van der Waals surface area contributed by atoms with E-state index in [0.29, 0.717) is 35.9 Å². The summed E-state index contributed by atoms with van der Waals surface area (Å²) >= 11 is 5.96. The minimum atomic E-state index is -0.543. The van der Waals surface area contributed by atoms with Crippen molar-refractivity contribution < 1.29 is 19.1 Å². The lowest BCUT2D eigenvalue weighted by Crippen LogP contribution is -2.20. The SMILES string of the molecule is Cc1cc(OCCCC(=O)Nc2ccc(OCC(N)=O)cc2)ccc1Cl. The number of carbonyl (C=O) groups is 2. The molecule has 0 heterocycles. The summed E-state index contributed by atoms with van der Waals surface area (Å²) in [4.78, 5) is 22.6. The second-order valence-corrected chi connectivity index (χ2v) is 6.10. The highest BCUT2D eigenvalue weighted by atomic mass is 35.5. The van der Waals surface area contributed by atoms with E-state index in [1.54, 1.807) is 36.4 Å². The summed E-state index contributed by atoms with van der Waals surface area (Å²) in [7, 11) is 0. The van der Waals surface area contributed by atoms with Gasteiger partial charge in [-0.2, -0.15) is 0 Å². The molecule has 2 rings (SSSR count). The van der Waals surface area contributed by atoms with Gasteiger partial charge in [-0.05, 0) is 61.4 Å². The number of amides is 2. The molecule has 2 aromatic carbocycles. The fraction of sp³-hybridized carbons (Fsp3) is 0.263. The maximum atomic E-state index is 11.9. The molecule has 0 aliphatic heterocycles. The molecule has 2 amide bonds. The van der Waals surface area contributed by atoms with Crippen molar-refractivity contribution in [2.24, 2.45) is 5.73 Å². The zero-order valence-electron chi connectivity index (χ0n) is 14.5. The van der Waals surface area contributed by atoms with Crippen LogP contribution in [0.5, 0.6) is 11.5 Å². The Morgan fingerprint density at radius 2 is 1.77 bits per heavy atom. The van der Waals surface area contributed by atoms with Crippen molar-refractivity contribution in [3.05, 3.63) is 53.1 Å². The van der Waals surface area contributed by atoms with Crippen LogP contribution >= 0.6 is 11.6 Å². The molecule has 0 atom stereocenters. The van der Waals surface area contributed by atoms with Crippen LogP contribution in [0.15, 0.2) is 42.5 Å². The molecule has 0 fully saturated rings. The van der Waals surface area contributed by atoms with E-state index < -0.39 is 5.91 Å². The highest BCUT2D eigenvalue weighted by Gasteiger charge is 2.04. The predicted molar refractivity (Wildman–Crippen MR) is 101 cm³/mol. The number of nitrogens with one attached hydrogen (secondary N) is 1. The van der Waals surface area contributed by atoms with Crippen LogP contribution in [0.3, 0.4) is 0 Å². The van der Waals surface area contributed by atoms with Crippen LogP contribution in [0.1, 0.15) is 18.4 Å². The summed E-state index contributed by atoms with van der Waals surface area (Å²) in [5.41, 5.74) is 6.61. The van der Waals surface area contributed by atoms with Crippen molar-refractivity contribution in [2.75, 3.05) is 18.5 Å². The summed E-state index contributed by atoms with van der Waals surface area (Å²) in [6.45, 7) is 2.17. The minimum Gasteiger partial charge on any atom is -0.494 e. The molecule has 138 valence electrons. The van der Waals surface area contributed by atoms with Crippen molar-refractivity contribution in [3.8, 4) is 11.5 Å². The number of carbonyl (C=O) groups excluding carboxylic acids is 2. The smallest absolute Gasteiger partial charge is 0.255 e. The van der Waals surface area contributed by atoms with Crippen LogP contribution < -0.4 is 20.5 Å². The maximum absolute atomic E-state index is 11.9. The lowest BCUT2D eigenvalue weighted by Gasteiger charge is -2.09. The van der Waals surface area contributed by atoms with E-state index in [-0.39, 0.29) is 12.5 Å². The Morgan fingerprint density at radius 1 is 1.08 bits per heavy atom. The van der Waals surface area contributed by atoms with Crippen LogP contribution in [0.4, 0.5) is 5.69 Å². The molecule has 6 nitrogen and oxygen atoms in total. The summed E-state index contributed by atoms with van der Waals surface area (Å²) in [6, 6.07) is 12.2. The van der Waals surface area contributed by atoms with Crippen molar-refractivity contribution in [3.63, 3.8) is 0 Å². The number of anilines is 1. The standard InChI is InChI=1S/C19H21ClN2O4/c1-13-11-16(8-9-17(13)20)25-10-2-3-19(24)22-14-4-6-15(7-5-14)26-12-18(21)23/h4-9,11H,2-3,10,12H2,1H3,(H2,21,23)(H,22,24). The fourth-order valence-corrected chi connectivity index (χ4v) is 2.26. The molecule has 0 radical (unpaired) electrons. The number of benzene rings is 2. The first-order chi connectivity index (χ1) is 12.4. The van der Waals surface area contributed by atoms with Gasteiger partial charge in [-0.15, -0.1) is 0 Å². The Hall–Kier alpha value is -2.73. The van der Waals surface area contributed by atoms with Gasteiger partial charge in [-0.1, -0.05) is 11.6 Å². The Morgan fingerprint density at radius 3 is 2.42 bits per heavy atom. The molecule has 7 heteroatoms. The van der Waals surface area contributed by atoms with Gasteiger partial charge in [-0.25, -0.2) is 0 Å². The summed E-state index contributed by atoms with van der Waals surface area (Å²) in [5, 5.41) is 3.49. The minimum absolute atomic E-state index is 0.105. The summed E-state index contributed by atoms with van der Waals surface area (Å²) < 4.78 is 10.8. The van der Waals surface area contributed by atoms with Gasteiger partial charge in [0.25, 0.3) is 5.91 Å². The average Bonchev–Trinajstić information content (AvgIpc) is 2.61. The molecule has 26 heavy (non-hydrogen) atoms. The number of hydrogen-bond donors (Lipinski definition) is 2. The molecule has 3 N–H and O–H groups in total. The third-order valence-corrected chi connectivity index (χ3v) is 3.89. The number of ether oxygens (including phenoxy) is 2. The van der Waals surface area contributed by atoms with E-state index in [9.17, 15) is 9.59 Å². The summed E-state index contributed by atoms with van der Waals surface area (Å²) in [5.74, 6) is 0.595. The number of hydrogen-bond acceptors (Lipinski definition) is 4. The predicted octanol–water partition coefficient (Wildman–Crippen LogP) is 3.31. The quantitative estimate of drug-likeness (QED) is 0.657. The molecule has 0 saturated carbocycles. The molecule has 0 aromatic heterocycles. The third kappa shape index (κ3) is 6.64. The highest BCUT2D eigenvalue weighted by molar-refractivity contribution is 6.31. The van der Waals surface area contributed by atoms with Gasteiger partial charge in [0.05, 0.1) is 6.61 Å². The van der Waals surface area contributed by atoms with E-state index in [4.69, 9.17) is 26.8 Å². The second-order valence-electron chi connectivity index (χ2n) is 5.69. The molecule has 0 spiro atoms. The molecule has 0 saturated heterocycles. The average molecular weight is 377 g/mol. The van der Waals surface area contributed by atoms with Gasteiger partial charge in [0.15, 0.2) is 6.61 Å². The second kappa shape index (κ2) is 9.68. The first-order valence-corrected chi connectivity index (χ1v) is 8.52. The molecule has 0 aliphatic carbocycles. The van der Waals surface area contributed by atoms with Gasteiger partial charge in [0.1, 0.15) is 11.5 Å². The lowest BCUT2D eigenvalue weighted by atomic mass is 10.2. The van der Waals surface area contributed by atoms with E-state index in [2.05, 4.69) is 5.32 Å². The van der Waals surface area contributed by atoms with Crippen LogP contribution in [0.25, 0.3) is 0 Å². The van der Waals surface area contributed by atoms with Crippen molar-refractivity contribution >= 4 is 29.1 Å². The Bertz CT molecular complexity index is 763. The number of primary amides is 1. The number of halogens is 1. The van der Waals surface area contributed by atoms with Crippen molar-refractivity contribution in [1.29, 1.82) is 0 Å². The lowest BCUT2D eigenvalue weighted by molar-refractivity contribution is -0.120. The Kier molecular flexibility index (Phi) is 7.29. The van der Waals surface area contributed by atoms with Crippen LogP contribution in [-0.4, -0.2) is 25.0 Å². The first-order valence-electron chi connectivity index (χ1n) is 8.14. The van der Waals surface area contributed by atoms with Gasteiger partial charge < -0.3 is 20.5 Å².